The van der Waals surface area contributed by atoms with E-state index >= 15 is 0 Å². The molecule has 18 heavy (non-hydrogen) atoms. The standard InChI is InChI=1S/C13H20N2O3/c1-4-5-8-18-13(17)7-6-12(16)11-9-14-15(3)10(11)2/h9H,4-8H2,1-3H3. The molecule has 5 heteroatoms. The Labute approximate surface area is 107 Å². The van der Waals surface area contributed by atoms with Crippen LogP contribution >= 0.6 is 0 Å². The molecule has 1 heterocycles. The maximum Gasteiger partial charge on any atom is 0.306 e. The predicted molar refractivity (Wildman–Crippen MR) is 67.4 cm³/mol. The lowest BCUT2D eigenvalue weighted by Gasteiger charge is -2.03. The van der Waals surface area contributed by atoms with Crippen LogP contribution in [-0.2, 0) is 16.6 Å². The van der Waals surface area contributed by atoms with Gasteiger partial charge >= 0.3 is 5.97 Å². The smallest absolute Gasteiger partial charge is 0.306 e. The van der Waals surface area contributed by atoms with Crippen LogP contribution in [0.1, 0.15) is 48.7 Å². The highest BCUT2D eigenvalue weighted by molar-refractivity contribution is 5.98. The molecule has 5 nitrogen and oxygen atoms in total. The van der Waals surface area contributed by atoms with Crippen molar-refractivity contribution >= 4 is 11.8 Å². The molecule has 1 aromatic heterocycles. The molecule has 0 aliphatic carbocycles. The highest BCUT2D eigenvalue weighted by Gasteiger charge is 2.14. The number of hydrogen-bond donors (Lipinski definition) is 0. The van der Waals surface area contributed by atoms with Crippen LogP contribution in [0.4, 0.5) is 0 Å². The highest BCUT2D eigenvalue weighted by Crippen LogP contribution is 2.10. The number of carbonyl (C=O) groups is 2. The topological polar surface area (TPSA) is 61.2 Å². The van der Waals surface area contributed by atoms with Crippen molar-refractivity contribution in [3.05, 3.63) is 17.5 Å². The Morgan fingerprint density at radius 3 is 2.67 bits per heavy atom. The minimum atomic E-state index is -0.307. The van der Waals surface area contributed by atoms with Gasteiger partial charge < -0.3 is 4.74 Å². The maximum atomic E-state index is 11.9. The van der Waals surface area contributed by atoms with Gasteiger partial charge in [0.25, 0.3) is 0 Å². The van der Waals surface area contributed by atoms with Gasteiger partial charge in [0.2, 0.25) is 0 Å². The van der Waals surface area contributed by atoms with E-state index in [1.54, 1.807) is 17.9 Å². The average molecular weight is 252 g/mol. The molecule has 0 unspecified atom stereocenters. The number of aromatic nitrogens is 2. The lowest BCUT2D eigenvalue weighted by atomic mass is 10.1. The number of hydrogen-bond acceptors (Lipinski definition) is 4. The van der Waals surface area contributed by atoms with Crippen LogP contribution < -0.4 is 0 Å². The predicted octanol–water partition coefficient (Wildman–Crippen LogP) is 2.03. The van der Waals surface area contributed by atoms with Crippen molar-refractivity contribution in [2.75, 3.05) is 6.61 Å². The van der Waals surface area contributed by atoms with E-state index < -0.39 is 0 Å². The fourth-order valence-electron chi connectivity index (χ4n) is 1.53. The molecule has 0 aliphatic heterocycles. The van der Waals surface area contributed by atoms with Crippen LogP contribution in [0.3, 0.4) is 0 Å². The van der Waals surface area contributed by atoms with Crippen molar-refractivity contribution in [1.82, 2.24) is 9.78 Å². The quantitative estimate of drug-likeness (QED) is 0.423. The molecule has 1 rings (SSSR count). The molecule has 0 atom stereocenters. The van der Waals surface area contributed by atoms with Gasteiger partial charge in [-0.25, -0.2) is 0 Å². The van der Waals surface area contributed by atoms with Gasteiger partial charge in [-0.3, -0.25) is 14.3 Å². The second-order valence-electron chi connectivity index (χ2n) is 4.26. The van der Waals surface area contributed by atoms with Crippen molar-refractivity contribution in [3.63, 3.8) is 0 Å². The summed E-state index contributed by atoms with van der Waals surface area (Å²) in [6, 6.07) is 0. The number of Topliss-reactive ketones (excluding diaryl/α,β-unsaturated/α-hetero) is 1. The Balaban J connectivity index is 2.37. The molecule has 0 amide bonds. The molecule has 0 N–H and O–H groups in total. The molecule has 0 bridgehead atoms. The van der Waals surface area contributed by atoms with Gasteiger partial charge in [-0.15, -0.1) is 0 Å². The molecule has 0 saturated heterocycles. The third kappa shape index (κ3) is 3.98. The Bertz CT molecular complexity index is 424. The summed E-state index contributed by atoms with van der Waals surface area (Å²) in [7, 11) is 1.78. The summed E-state index contributed by atoms with van der Waals surface area (Å²) in [4.78, 5) is 23.2. The number of unbranched alkanes of at least 4 members (excludes halogenated alkanes) is 1. The van der Waals surface area contributed by atoms with E-state index in [0.29, 0.717) is 12.2 Å². The summed E-state index contributed by atoms with van der Waals surface area (Å²) in [6.45, 7) is 4.30. The van der Waals surface area contributed by atoms with E-state index in [1.807, 2.05) is 13.8 Å². The zero-order chi connectivity index (χ0) is 13.5. The second kappa shape index (κ2) is 6.93. The summed E-state index contributed by atoms with van der Waals surface area (Å²) in [5, 5.41) is 4.00. The van der Waals surface area contributed by atoms with Crippen LogP contribution in [0.2, 0.25) is 0 Å². The van der Waals surface area contributed by atoms with Gasteiger partial charge in [0, 0.05) is 19.2 Å². The lowest BCUT2D eigenvalue weighted by Crippen LogP contribution is -2.09. The van der Waals surface area contributed by atoms with Gasteiger partial charge in [-0.05, 0) is 13.3 Å². The van der Waals surface area contributed by atoms with Crippen molar-refractivity contribution in [2.45, 2.75) is 39.5 Å². The van der Waals surface area contributed by atoms with E-state index in [4.69, 9.17) is 4.74 Å². The Hall–Kier alpha value is -1.65. The van der Waals surface area contributed by atoms with Crippen LogP contribution in [0, 0.1) is 6.92 Å². The fraction of sp³-hybridized carbons (Fsp3) is 0.615. The summed E-state index contributed by atoms with van der Waals surface area (Å²) in [5.41, 5.74) is 1.40. The third-order valence-electron chi connectivity index (χ3n) is 2.85. The van der Waals surface area contributed by atoms with Gasteiger partial charge in [0.1, 0.15) is 0 Å². The zero-order valence-corrected chi connectivity index (χ0v) is 11.2. The van der Waals surface area contributed by atoms with Crippen molar-refractivity contribution in [1.29, 1.82) is 0 Å². The van der Waals surface area contributed by atoms with Crippen molar-refractivity contribution in [2.24, 2.45) is 7.05 Å². The van der Waals surface area contributed by atoms with E-state index in [9.17, 15) is 9.59 Å². The largest absolute Gasteiger partial charge is 0.466 e. The number of carbonyl (C=O) groups excluding carboxylic acids is 2. The van der Waals surface area contributed by atoms with Crippen molar-refractivity contribution in [3.8, 4) is 0 Å². The summed E-state index contributed by atoms with van der Waals surface area (Å²) >= 11 is 0. The highest BCUT2D eigenvalue weighted by atomic mass is 16.5. The van der Waals surface area contributed by atoms with Gasteiger partial charge in [0.15, 0.2) is 5.78 Å². The normalized spacial score (nSPS) is 10.4. The number of esters is 1. The maximum absolute atomic E-state index is 11.9. The van der Waals surface area contributed by atoms with Gasteiger partial charge in [-0.1, -0.05) is 13.3 Å². The number of ether oxygens (including phenoxy) is 1. The Morgan fingerprint density at radius 2 is 2.11 bits per heavy atom. The molecule has 0 spiro atoms. The number of ketones is 1. The zero-order valence-electron chi connectivity index (χ0n) is 11.2. The Kier molecular flexibility index (Phi) is 5.55. The van der Waals surface area contributed by atoms with Crippen molar-refractivity contribution < 1.29 is 14.3 Å². The number of rotatable bonds is 7. The number of aryl methyl sites for hydroxylation is 1. The van der Waals surface area contributed by atoms with E-state index in [0.717, 1.165) is 18.5 Å². The lowest BCUT2D eigenvalue weighted by molar-refractivity contribution is -0.143. The third-order valence-corrected chi connectivity index (χ3v) is 2.85. The Morgan fingerprint density at radius 1 is 1.39 bits per heavy atom. The van der Waals surface area contributed by atoms with Crippen LogP contribution in [-0.4, -0.2) is 28.1 Å². The molecule has 1 aromatic rings. The second-order valence-corrected chi connectivity index (χ2v) is 4.26. The van der Waals surface area contributed by atoms with E-state index in [1.165, 1.54) is 0 Å². The molecular weight excluding hydrogens is 232 g/mol. The summed E-state index contributed by atoms with van der Waals surface area (Å²) < 4.78 is 6.64. The molecule has 0 saturated carbocycles. The van der Waals surface area contributed by atoms with Gasteiger partial charge in [0.05, 0.1) is 24.8 Å². The first-order chi connectivity index (χ1) is 8.56. The summed E-state index contributed by atoms with van der Waals surface area (Å²) in [5.74, 6) is -0.369. The first-order valence-corrected chi connectivity index (χ1v) is 6.23. The molecule has 0 fully saturated rings. The van der Waals surface area contributed by atoms with Crippen LogP contribution in [0.25, 0.3) is 0 Å². The molecule has 100 valence electrons. The molecule has 0 aliphatic rings. The van der Waals surface area contributed by atoms with Crippen LogP contribution in [0.5, 0.6) is 0 Å². The van der Waals surface area contributed by atoms with Gasteiger partial charge in [-0.2, -0.15) is 5.10 Å². The average Bonchev–Trinajstić information content (AvgIpc) is 2.67. The SMILES string of the molecule is CCCCOC(=O)CCC(=O)c1cnn(C)c1C. The molecule has 0 radical (unpaired) electrons. The van der Waals surface area contributed by atoms with E-state index in [-0.39, 0.29) is 24.6 Å². The van der Waals surface area contributed by atoms with E-state index in [2.05, 4.69) is 5.10 Å². The molecular formula is C13H20N2O3. The molecule has 0 aromatic carbocycles. The first-order valence-electron chi connectivity index (χ1n) is 6.23. The number of nitrogens with zero attached hydrogens (tertiary/aromatic N) is 2. The summed E-state index contributed by atoms with van der Waals surface area (Å²) in [6.07, 6.45) is 3.71. The van der Waals surface area contributed by atoms with Crippen LogP contribution in [0.15, 0.2) is 6.20 Å². The first kappa shape index (κ1) is 14.4. The minimum Gasteiger partial charge on any atom is -0.466 e. The fourth-order valence-corrected chi connectivity index (χ4v) is 1.53. The monoisotopic (exact) mass is 252 g/mol. The minimum absolute atomic E-state index is 0.0620.